The van der Waals surface area contributed by atoms with Crippen molar-refractivity contribution in [2.45, 2.75) is 10.8 Å². The summed E-state index contributed by atoms with van der Waals surface area (Å²) < 4.78 is 31.6. The van der Waals surface area contributed by atoms with E-state index >= 15 is 0 Å². The molecule has 0 saturated heterocycles. The van der Waals surface area contributed by atoms with Gasteiger partial charge in [-0.15, -0.1) is 11.3 Å². The van der Waals surface area contributed by atoms with E-state index in [2.05, 4.69) is 9.71 Å². The molecule has 8 heteroatoms. The number of fused-ring (bicyclic) bond motifs is 1. The molecule has 0 amide bonds. The van der Waals surface area contributed by atoms with Crippen LogP contribution in [-0.4, -0.2) is 13.4 Å². The van der Waals surface area contributed by atoms with Crippen molar-refractivity contribution >= 4 is 32.5 Å². The SMILES string of the molecule is O=c1[nH]c2cc(CNS(=O)(=O)c3cccs3)ccc2o1. The maximum absolute atomic E-state index is 12.0. The fraction of sp³-hybridized carbons (Fsp3) is 0.0833. The van der Waals surface area contributed by atoms with Gasteiger partial charge in [-0.2, -0.15) is 0 Å². The molecule has 0 saturated carbocycles. The fourth-order valence-corrected chi connectivity index (χ4v) is 3.83. The van der Waals surface area contributed by atoms with Crippen LogP contribution >= 0.6 is 11.3 Å². The van der Waals surface area contributed by atoms with E-state index < -0.39 is 15.8 Å². The van der Waals surface area contributed by atoms with Gasteiger partial charge in [-0.3, -0.25) is 4.98 Å². The van der Waals surface area contributed by atoms with Gasteiger partial charge >= 0.3 is 5.76 Å². The molecule has 0 aliphatic rings. The number of aromatic amines is 1. The highest BCUT2D eigenvalue weighted by molar-refractivity contribution is 7.91. The smallest absolute Gasteiger partial charge is 0.408 e. The molecule has 2 aromatic heterocycles. The van der Waals surface area contributed by atoms with Crippen molar-refractivity contribution in [1.29, 1.82) is 0 Å². The lowest BCUT2D eigenvalue weighted by molar-refractivity contribution is 0.555. The molecule has 0 radical (unpaired) electrons. The van der Waals surface area contributed by atoms with Crippen LogP contribution in [0.15, 0.2) is 49.1 Å². The lowest BCUT2D eigenvalue weighted by Gasteiger charge is -2.04. The van der Waals surface area contributed by atoms with Gasteiger partial charge in [0.2, 0.25) is 10.0 Å². The average Bonchev–Trinajstić information content (AvgIpc) is 3.04. The highest BCUT2D eigenvalue weighted by atomic mass is 32.2. The van der Waals surface area contributed by atoms with Gasteiger partial charge < -0.3 is 4.42 Å². The summed E-state index contributed by atoms with van der Waals surface area (Å²) in [6.07, 6.45) is 0. The molecule has 20 heavy (non-hydrogen) atoms. The number of H-pyrrole nitrogens is 1. The predicted molar refractivity (Wildman–Crippen MR) is 75.2 cm³/mol. The van der Waals surface area contributed by atoms with Crippen LogP contribution in [0.2, 0.25) is 0 Å². The lowest BCUT2D eigenvalue weighted by Crippen LogP contribution is -2.22. The molecular weight excluding hydrogens is 300 g/mol. The highest BCUT2D eigenvalue weighted by Gasteiger charge is 2.14. The quantitative estimate of drug-likeness (QED) is 0.766. The van der Waals surface area contributed by atoms with Crippen molar-refractivity contribution in [3.05, 3.63) is 51.8 Å². The second-order valence-electron chi connectivity index (χ2n) is 4.10. The van der Waals surface area contributed by atoms with Gasteiger partial charge in [0.15, 0.2) is 5.58 Å². The largest absolute Gasteiger partial charge is 0.417 e. The Morgan fingerprint density at radius 1 is 1.30 bits per heavy atom. The van der Waals surface area contributed by atoms with E-state index in [1.54, 1.807) is 35.7 Å². The first kappa shape index (κ1) is 13.1. The van der Waals surface area contributed by atoms with Gasteiger partial charge in [0.25, 0.3) is 0 Å². The Morgan fingerprint density at radius 3 is 2.90 bits per heavy atom. The predicted octanol–water partition coefficient (Wildman–Crippen LogP) is 1.66. The second kappa shape index (κ2) is 4.89. The molecule has 0 atom stereocenters. The van der Waals surface area contributed by atoms with Crippen molar-refractivity contribution in [3.63, 3.8) is 0 Å². The summed E-state index contributed by atoms with van der Waals surface area (Å²) >= 11 is 1.16. The molecule has 2 heterocycles. The zero-order valence-electron chi connectivity index (χ0n) is 10.1. The van der Waals surface area contributed by atoms with E-state index in [4.69, 9.17) is 4.42 Å². The minimum Gasteiger partial charge on any atom is -0.408 e. The molecule has 0 bridgehead atoms. The maximum atomic E-state index is 12.0. The van der Waals surface area contributed by atoms with Crippen molar-refractivity contribution in [2.75, 3.05) is 0 Å². The van der Waals surface area contributed by atoms with Crippen LogP contribution in [0.4, 0.5) is 0 Å². The van der Waals surface area contributed by atoms with Crippen LogP contribution in [0.5, 0.6) is 0 Å². The van der Waals surface area contributed by atoms with Crippen LogP contribution in [0.1, 0.15) is 5.56 Å². The summed E-state index contributed by atoms with van der Waals surface area (Å²) in [5.74, 6) is -0.531. The average molecular weight is 310 g/mol. The molecule has 3 aromatic rings. The summed E-state index contributed by atoms with van der Waals surface area (Å²) in [4.78, 5) is 13.6. The van der Waals surface area contributed by atoms with Gasteiger partial charge in [0, 0.05) is 6.54 Å². The maximum Gasteiger partial charge on any atom is 0.417 e. The van der Waals surface area contributed by atoms with Gasteiger partial charge in [-0.25, -0.2) is 17.9 Å². The summed E-state index contributed by atoms with van der Waals surface area (Å²) in [5, 5.41) is 1.71. The van der Waals surface area contributed by atoms with Crippen LogP contribution in [0, 0.1) is 0 Å². The normalized spacial score (nSPS) is 12.0. The Balaban J connectivity index is 1.82. The molecular formula is C12H10N2O4S2. The number of thiophene rings is 1. The Kier molecular flexibility index (Phi) is 3.20. The molecule has 1 aromatic carbocycles. The molecule has 0 spiro atoms. The Bertz CT molecular complexity index is 891. The summed E-state index contributed by atoms with van der Waals surface area (Å²) in [6, 6.07) is 8.24. The topological polar surface area (TPSA) is 92.2 Å². The van der Waals surface area contributed by atoms with Crippen molar-refractivity contribution in [2.24, 2.45) is 0 Å². The number of sulfonamides is 1. The number of nitrogens with one attached hydrogen (secondary N) is 2. The first-order valence-electron chi connectivity index (χ1n) is 5.69. The molecule has 104 valence electrons. The van der Waals surface area contributed by atoms with Crippen molar-refractivity contribution < 1.29 is 12.8 Å². The summed E-state index contributed by atoms with van der Waals surface area (Å²) in [5.41, 5.74) is 1.72. The molecule has 0 fully saturated rings. The van der Waals surface area contributed by atoms with E-state index in [9.17, 15) is 13.2 Å². The van der Waals surface area contributed by atoms with E-state index in [1.807, 2.05) is 0 Å². The molecule has 2 N–H and O–H groups in total. The molecule has 3 rings (SSSR count). The lowest BCUT2D eigenvalue weighted by atomic mass is 10.2. The highest BCUT2D eigenvalue weighted by Crippen LogP contribution is 2.17. The molecule has 6 nitrogen and oxygen atoms in total. The van der Waals surface area contributed by atoms with Crippen molar-refractivity contribution in [1.82, 2.24) is 9.71 Å². The fourth-order valence-electron chi connectivity index (χ4n) is 1.77. The van der Waals surface area contributed by atoms with Gasteiger partial charge in [0.1, 0.15) is 4.21 Å². The zero-order chi connectivity index (χ0) is 14.2. The van der Waals surface area contributed by atoms with E-state index in [0.717, 1.165) is 16.9 Å². The molecule has 0 aliphatic carbocycles. The van der Waals surface area contributed by atoms with Gasteiger partial charge in [0.05, 0.1) is 5.52 Å². The second-order valence-corrected chi connectivity index (χ2v) is 7.04. The third-order valence-electron chi connectivity index (χ3n) is 2.71. The number of oxazole rings is 1. The Hall–Kier alpha value is -1.90. The van der Waals surface area contributed by atoms with E-state index in [1.165, 1.54) is 0 Å². The van der Waals surface area contributed by atoms with Gasteiger partial charge in [-0.1, -0.05) is 12.1 Å². The first-order chi connectivity index (χ1) is 9.54. The molecule has 0 aliphatic heterocycles. The summed E-state index contributed by atoms with van der Waals surface area (Å²) in [6.45, 7) is 0.142. The number of hydrogen-bond donors (Lipinski definition) is 2. The van der Waals surface area contributed by atoms with Crippen LogP contribution in [0.25, 0.3) is 11.1 Å². The standard InChI is InChI=1S/C12H10N2O4S2/c15-12-14-9-6-8(3-4-10(9)18-12)7-13-20(16,17)11-2-1-5-19-11/h1-6,13H,7H2,(H,14,15). The van der Waals surface area contributed by atoms with Crippen molar-refractivity contribution in [3.8, 4) is 0 Å². The molecule has 0 unspecified atom stereocenters. The number of rotatable bonds is 4. The monoisotopic (exact) mass is 310 g/mol. The van der Waals surface area contributed by atoms with Crippen LogP contribution < -0.4 is 10.5 Å². The minimum atomic E-state index is -3.49. The van der Waals surface area contributed by atoms with Crippen LogP contribution in [0.3, 0.4) is 0 Å². The zero-order valence-corrected chi connectivity index (χ0v) is 11.8. The number of hydrogen-bond acceptors (Lipinski definition) is 5. The Morgan fingerprint density at radius 2 is 2.15 bits per heavy atom. The Labute approximate surface area is 118 Å². The summed E-state index contributed by atoms with van der Waals surface area (Å²) in [7, 11) is -3.49. The van der Waals surface area contributed by atoms with E-state index in [0.29, 0.717) is 11.1 Å². The first-order valence-corrected chi connectivity index (χ1v) is 8.06. The van der Waals surface area contributed by atoms with E-state index in [-0.39, 0.29) is 10.8 Å². The third kappa shape index (κ3) is 2.53. The number of benzene rings is 1. The van der Waals surface area contributed by atoms with Gasteiger partial charge in [-0.05, 0) is 29.1 Å². The minimum absolute atomic E-state index is 0.142. The number of aromatic nitrogens is 1. The third-order valence-corrected chi connectivity index (χ3v) is 5.51. The van der Waals surface area contributed by atoms with Crippen LogP contribution in [-0.2, 0) is 16.6 Å².